The Morgan fingerprint density at radius 1 is 1.50 bits per heavy atom. The van der Waals surface area contributed by atoms with Gasteiger partial charge >= 0.3 is 0 Å². The molecule has 0 rings (SSSR count). The first-order chi connectivity index (χ1) is 3.91. The van der Waals surface area contributed by atoms with E-state index in [9.17, 15) is 0 Å². The second kappa shape index (κ2) is 6.25. The molecule has 0 aromatic rings. The van der Waals surface area contributed by atoms with Gasteiger partial charge in [-0.05, 0) is 6.92 Å². The van der Waals surface area contributed by atoms with E-state index in [-0.39, 0.29) is 0 Å². The van der Waals surface area contributed by atoms with Crippen LogP contribution in [-0.4, -0.2) is 19.8 Å². The maximum atomic E-state index is 7.84. The average molecular weight is 115 g/mol. The summed E-state index contributed by atoms with van der Waals surface area (Å²) in [5.41, 5.74) is 0. The molecule has 0 aromatic carbocycles. The smallest absolute Gasteiger partial charge is 0.286 e. The van der Waals surface area contributed by atoms with Crippen molar-refractivity contribution in [1.82, 2.24) is 0 Å². The highest BCUT2D eigenvalue weighted by Crippen LogP contribution is 1.73. The van der Waals surface area contributed by atoms with Gasteiger partial charge in [0.05, 0.1) is 6.61 Å². The second-order valence-electron chi connectivity index (χ2n) is 1.14. The third kappa shape index (κ3) is 5.25. The van der Waals surface area contributed by atoms with Crippen LogP contribution in [0.3, 0.4) is 0 Å². The summed E-state index contributed by atoms with van der Waals surface area (Å²) in [7, 11) is 0. The molecule has 0 heterocycles. The molecule has 0 radical (unpaired) electrons. The molecule has 3 nitrogen and oxygen atoms in total. The molecule has 0 aliphatic carbocycles. The summed E-state index contributed by atoms with van der Waals surface area (Å²) in [5, 5.41) is 7.84. The fourth-order valence-corrected chi connectivity index (χ4v) is 0.291. The van der Waals surface area contributed by atoms with Crippen LogP contribution in [0.1, 0.15) is 6.92 Å². The molecule has 0 bridgehead atoms. The Bertz CT molecular complexity index is 77.0. The molecule has 46 valence electrons. The van der Waals surface area contributed by atoms with Gasteiger partial charge in [-0.2, -0.15) is 5.26 Å². The normalized spacial score (nSPS) is 8.00. The van der Waals surface area contributed by atoms with Crippen molar-refractivity contribution < 1.29 is 9.47 Å². The Balaban J connectivity index is 2.65. The van der Waals surface area contributed by atoms with Crippen molar-refractivity contribution in [1.29, 1.82) is 5.26 Å². The quantitative estimate of drug-likeness (QED) is 0.396. The van der Waals surface area contributed by atoms with E-state index < -0.39 is 0 Å². The lowest BCUT2D eigenvalue weighted by atomic mass is 10.7. The zero-order valence-electron chi connectivity index (χ0n) is 4.89. The van der Waals surface area contributed by atoms with E-state index in [1.165, 1.54) is 0 Å². The minimum atomic E-state index is 0.365. The van der Waals surface area contributed by atoms with Gasteiger partial charge in [0.25, 0.3) is 6.26 Å². The van der Waals surface area contributed by atoms with Crippen molar-refractivity contribution in [3.05, 3.63) is 0 Å². The summed E-state index contributed by atoms with van der Waals surface area (Å²) in [5.74, 6) is 0. The highest BCUT2D eigenvalue weighted by Gasteiger charge is 1.81. The predicted octanol–water partition coefficient (Wildman–Crippen LogP) is 0.521. The molecule has 3 heteroatoms. The van der Waals surface area contributed by atoms with Gasteiger partial charge in [-0.25, -0.2) is 0 Å². The van der Waals surface area contributed by atoms with Gasteiger partial charge in [-0.1, -0.05) is 0 Å². The van der Waals surface area contributed by atoms with Crippen LogP contribution in [0.4, 0.5) is 0 Å². The Morgan fingerprint density at radius 3 is 2.75 bits per heavy atom. The van der Waals surface area contributed by atoms with Crippen molar-refractivity contribution >= 4 is 0 Å². The Kier molecular flexibility index (Phi) is 5.66. The monoisotopic (exact) mass is 115 g/mol. The van der Waals surface area contributed by atoms with Crippen LogP contribution in [0.2, 0.25) is 0 Å². The fraction of sp³-hybridized carbons (Fsp3) is 0.800. The lowest BCUT2D eigenvalue weighted by Gasteiger charge is -1.95. The highest BCUT2D eigenvalue weighted by molar-refractivity contribution is 4.45. The molecule has 0 fully saturated rings. The number of nitrogens with zero attached hydrogens (tertiary/aromatic N) is 1. The van der Waals surface area contributed by atoms with E-state index in [0.29, 0.717) is 19.8 Å². The number of rotatable bonds is 4. The highest BCUT2D eigenvalue weighted by atomic mass is 16.5. The topological polar surface area (TPSA) is 42.2 Å². The number of hydrogen-bond donors (Lipinski definition) is 0. The van der Waals surface area contributed by atoms with E-state index in [1.54, 1.807) is 6.26 Å². The number of nitriles is 1. The van der Waals surface area contributed by atoms with Gasteiger partial charge in [-0.3, -0.25) is 0 Å². The molecule has 0 aliphatic heterocycles. The Morgan fingerprint density at radius 2 is 2.25 bits per heavy atom. The summed E-state index contributed by atoms with van der Waals surface area (Å²) >= 11 is 0. The van der Waals surface area contributed by atoms with Crippen molar-refractivity contribution in [3.63, 3.8) is 0 Å². The standard InChI is InChI=1S/C5H9NO2/c1-2-7-3-4-8-5-6/h2-4H2,1H3. The van der Waals surface area contributed by atoms with Crippen LogP contribution >= 0.6 is 0 Å². The maximum absolute atomic E-state index is 7.84. The fourth-order valence-electron chi connectivity index (χ4n) is 0.291. The third-order valence-electron chi connectivity index (χ3n) is 0.598. The second-order valence-corrected chi connectivity index (χ2v) is 1.14. The minimum Gasteiger partial charge on any atom is -0.425 e. The van der Waals surface area contributed by atoms with Gasteiger partial charge in [0, 0.05) is 6.61 Å². The maximum Gasteiger partial charge on any atom is 0.286 e. The summed E-state index contributed by atoms with van der Waals surface area (Å²) in [4.78, 5) is 0. The van der Waals surface area contributed by atoms with Crippen LogP contribution < -0.4 is 0 Å². The molecule has 0 amide bonds. The molecule has 0 aliphatic rings. The first kappa shape index (κ1) is 7.25. The molecular formula is C5H9NO2. The van der Waals surface area contributed by atoms with E-state index in [4.69, 9.17) is 10.00 Å². The third-order valence-corrected chi connectivity index (χ3v) is 0.598. The Labute approximate surface area is 48.8 Å². The summed E-state index contributed by atoms with van der Waals surface area (Å²) in [6.07, 6.45) is 1.55. The molecule has 0 atom stereocenters. The number of hydrogen-bond acceptors (Lipinski definition) is 3. The van der Waals surface area contributed by atoms with Crippen molar-refractivity contribution in [2.75, 3.05) is 19.8 Å². The molecule has 0 N–H and O–H groups in total. The van der Waals surface area contributed by atoms with Crippen LogP contribution in [-0.2, 0) is 9.47 Å². The first-order valence-electron chi connectivity index (χ1n) is 2.50. The van der Waals surface area contributed by atoms with Gasteiger partial charge in [0.2, 0.25) is 0 Å². The van der Waals surface area contributed by atoms with Gasteiger partial charge in [-0.15, -0.1) is 0 Å². The van der Waals surface area contributed by atoms with Crippen molar-refractivity contribution in [2.45, 2.75) is 6.92 Å². The van der Waals surface area contributed by atoms with E-state index >= 15 is 0 Å². The zero-order chi connectivity index (χ0) is 6.24. The molecular weight excluding hydrogens is 106 g/mol. The van der Waals surface area contributed by atoms with Gasteiger partial charge in [0.15, 0.2) is 0 Å². The first-order valence-corrected chi connectivity index (χ1v) is 2.50. The van der Waals surface area contributed by atoms with Gasteiger partial charge in [0.1, 0.15) is 6.61 Å². The van der Waals surface area contributed by atoms with Crippen LogP contribution in [0.25, 0.3) is 0 Å². The molecule has 0 unspecified atom stereocenters. The predicted molar refractivity (Wildman–Crippen MR) is 28.1 cm³/mol. The van der Waals surface area contributed by atoms with Crippen LogP contribution in [0.15, 0.2) is 0 Å². The summed E-state index contributed by atoms with van der Waals surface area (Å²) < 4.78 is 9.18. The molecule has 0 saturated heterocycles. The van der Waals surface area contributed by atoms with Crippen LogP contribution in [0.5, 0.6) is 0 Å². The minimum absolute atomic E-state index is 0.365. The lowest BCUT2D eigenvalue weighted by Crippen LogP contribution is -1.99. The van der Waals surface area contributed by atoms with E-state index in [1.807, 2.05) is 6.92 Å². The number of ether oxygens (including phenoxy) is 2. The van der Waals surface area contributed by atoms with Gasteiger partial charge < -0.3 is 9.47 Å². The van der Waals surface area contributed by atoms with Crippen molar-refractivity contribution in [2.24, 2.45) is 0 Å². The Hall–Kier alpha value is -0.750. The SMILES string of the molecule is CCOCCOC#N. The molecule has 0 saturated carbocycles. The molecule has 0 spiro atoms. The van der Waals surface area contributed by atoms with E-state index in [0.717, 1.165) is 0 Å². The molecule has 8 heavy (non-hydrogen) atoms. The van der Waals surface area contributed by atoms with E-state index in [2.05, 4.69) is 4.74 Å². The largest absolute Gasteiger partial charge is 0.425 e. The van der Waals surface area contributed by atoms with Crippen LogP contribution in [0, 0.1) is 11.5 Å². The summed E-state index contributed by atoms with van der Waals surface area (Å²) in [6.45, 7) is 3.44. The summed E-state index contributed by atoms with van der Waals surface area (Å²) in [6, 6.07) is 0. The van der Waals surface area contributed by atoms with Crippen molar-refractivity contribution in [3.8, 4) is 6.26 Å². The lowest BCUT2D eigenvalue weighted by molar-refractivity contribution is 0.0986. The molecule has 0 aromatic heterocycles. The zero-order valence-corrected chi connectivity index (χ0v) is 4.89. The average Bonchev–Trinajstić information content (AvgIpc) is 1.81.